The molecule has 3 fully saturated rings. The van der Waals surface area contributed by atoms with E-state index in [4.69, 9.17) is 0 Å². The highest BCUT2D eigenvalue weighted by molar-refractivity contribution is 7.17. The Hall–Kier alpha value is -1.39. The average molecular weight is 300 g/mol. The van der Waals surface area contributed by atoms with Crippen molar-refractivity contribution in [2.75, 3.05) is 19.6 Å². The van der Waals surface area contributed by atoms with Gasteiger partial charge in [-0.3, -0.25) is 4.79 Å². The highest BCUT2D eigenvalue weighted by Gasteiger charge is 2.29. The molecular formula is C17H20N2OS. The SMILES string of the molecule is O=C(NC1CC2CCN(CC2)C1)c1ccc2ccsc2c1. The molecule has 110 valence electrons. The second-order valence-corrected chi connectivity index (χ2v) is 7.27. The standard InChI is InChI=1S/C17H20N2OS/c20-17(14-2-1-13-5-8-21-16(13)10-14)18-15-9-12-3-6-19(11-15)7-4-12/h1-2,5,8,10,12,15H,3-4,6-7,9,11H2,(H,18,20). The number of fused-ring (bicyclic) bond motifs is 5. The number of hydrogen-bond acceptors (Lipinski definition) is 3. The first-order valence-corrected chi connectivity index (χ1v) is 8.66. The van der Waals surface area contributed by atoms with E-state index >= 15 is 0 Å². The Labute approximate surface area is 128 Å². The van der Waals surface area contributed by atoms with Gasteiger partial charge in [0.15, 0.2) is 0 Å². The molecule has 3 aliphatic heterocycles. The number of amides is 1. The Kier molecular flexibility index (Phi) is 3.43. The van der Waals surface area contributed by atoms with Crippen molar-refractivity contribution in [3.8, 4) is 0 Å². The van der Waals surface area contributed by atoms with Crippen LogP contribution in [0.25, 0.3) is 10.1 Å². The lowest BCUT2D eigenvalue weighted by Crippen LogP contribution is -2.41. The number of thiophene rings is 1. The van der Waals surface area contributed by atoms with Crippen LogP contribution in [0.4, 0.5) is 0 Å². The van der Waals surface area contributed by atoms with Crippen LogP contribution >= 0.6 is 11.3 Å². The van der Waals surface area contributed by atoms with E-state index in [9.17, 15) is 4.79 Å². The molecule has 0 radical (unpaired) electrons. The second-order valence-electron chi connectivity index (χ2n) is 6.32. The van der Waals surface area contributed by atoms with E-state index in [0.29, 0.717) is 6.04 Å². The maximum atomic E-state index is 12.5. The van der Waals surface area contributed by atoms with Gasteiger partial charge in [-0.2, -0.15) is 0 Å². The number of piperidine rings is 1. The third-order valence-corrected chi connectivity index (χ3v) is 5.74. The van der Waals surface area contributed by atoms with Crippen molar-refractivity contribution in [3.05, 3.63) is 35.2 Å². The molecule has 1 aromatic carbocycles. The monoisotopic (exact) mass is 300 g/mol. The lowest BCUT2D eigenvalue weighted by atomic mass is 9.94. The zero-order valence-electron chi connectivity index (χ0n) is 12.0. The summed E-state index contributed by atoms with van der Waals surface area (Å²) < 4.78 is 1.19. The molecule has 1 N–H and O–H groups in total. The molecular weight excluding hydrogens is 280 g/mol. The zero-order valence-corrected chi connectivity index (χ0v) is 12.9. The highest BCUT2D eigenvalue weighted by Crippen LogP contribution is 2.27. The Morgan fingerprint density at radius 1 is 1.24 bits per heavy atom. The second kappa shape index (κ2) is 5.43. The maximum Gasteiger partial charge on any atom is 0.251 e. The van der Waals surface area contributed by atoms with Gasteiger partial charge in [-0.1, -0.05) is 6.07 Å². The minimum atomic E-state index is 0.0813. The Balaban J connectivity index is 1.49. The fourth-order valence-electron chi connectivity index (χ4n) is 3.66. The lowest BCUT2D eigenvalue weighted by Gasteiger charge is -2.26. The first-order valence-electron chi connectivity index (χ1n) is 7.78. The molecule has 3 aliphatic rings. The summed E-state index contributed by atoms with van der Waals surface area (Å²) >= 11 is 1.69. The van der Waals surface area contributed by atoms with E-state index in [1.807, 2.05) is 18.2 Å². The summed E-state index contributed by atoms with van der Waals surface area (Å²) in [7, 11) is 0. The molecule has 2 bridgehead atoms. The highest BCUT2D eigenvalue weighted by atomic mass is 32.1. The number of nitrogens with one attached hydrogen (secondary N) is 1. The van der Waals surface area contributed by atoms with Gasteiger partial charge in [0.25, 0.3) is 5.91 Å². The summed E-state index contributed by atoms with van der Waals surface area (Å²) in [6.07, 6.45) is 3.74. The van der Waals surface area contributed by atoms with E-state index in [0.717, 1.165) is 24.4 Å². The minimum Gasteiger partial charge on any atom is -0.348 e. The van der Waals surface area contributed by atoms with Crippen molar-refractivity contribution in [1.82, 2.24) is 10.2 Å². The molecule has 3 saturated heterocycles. The molecule has 5 rings (SSSR count). The lowest BCUT2D eigenvalue weighted by molar-refractivity contribution is 0.0929. The predicted octanol–water partition coefficient (Wildman–Crippen LogP) is 3.12. The molecule has 0 saturated carbocycles. The normalized spacial score (nSPS) is 28.5. The summed E-state index contributed by atoms with van der Waals surface area (Å²) in [4.78, 5) is 15.0. The predicted molar refractivity (Wildman–Crippen MR) is 86.9 cm³/mol. The molecule has 4 heteroatoms. The van der Waals surface area contributed by atoms with Gasteiger partial charge in [0.2, 0.25) is 0 Å². The number of carbonyl (C=O) groups is 1. The van der Waals surface area contributed by atoms with Gasteiger partial charge >= 0.3 is 0 Å². The first kappa shape index (κ1) is 13.3. The molecule has 2 aromatic rings. The molecule has 4 heterocycles. The molecule has 0 aliphatic carbocycles. The van der Waals surface area contributed by atoms with Crippen molar-refractivity contribution < 1.29 is 4.79 Å². The molecule has 1 amide bonds. The maximum absolute atomic E-state index is 12.5. The fourth-order valence-corrected chi connectivity index (χ4v) is 4.49. The summed E-state index contributed by atoms with van der Waals surface area (Å²) in [6.45, 7) is 3.43. The molecule has 1 aromatic heterocycles. The van der Waals surface area contributed by atoms with Gasteiger partial charge in [-0.05, 0) is 67.2 Å². The van der Waals surface area contributed by atoms with Gasteiger partial charge < -0.3 is 10.2 Å². The van der Waals surface area contributed by atoms with Gasteiger partial charge in [0, 0.05) is 22.8 Å². The van der Waals surface area contributed by atoms with Gasteiger partial charge in [0.05, 0.1) is 0 Å². The molecule has 21 heavy (non-hydrogen) atoms. The molecule has 3 nitrogen and oxygen atoms in total. The van der Waals surface area contributed by atoms with Crippen molar-refractivity contribution in [3.63, 3.8) is 0 Å². The van der Waals surface area contributed by atoms with Crippen molar-refractivity contribution >= 4 is 27.3 Å². The number of benzene rings is 1. The van der Waals surface area contributed by atoms with Crippen LogP contribution in [0.15, 0.2) is 29.6 Å². The van der Waals surface area contributed by atoms with Crippen molar-refractivity contribution in [2.45, 2.75) is 25.3 Å². The first-order chi connectivity index (χ1) is 10.3. The van der Waals surface area contributed by atoms with Gasteiger partial charge in [0.1, 0.15) is 0 Å². The number of carbonyl (C=O) groups excluding carboxylic acids is 1. The van der Waals surface area contributed by atoms with Crippen LogP contribution in [-0.4, -0.2) is 36.5 Å². The largest absolute Gasteiger partial charge is 0.348 e. The summed E-state index contributed by atoms with van der Waals surface area (Å²) in [6, 6.07) is 8.40. The van der Waals surface area contributed by atoms with Crippen LogP contribution < -0.4 is 5.32 Å². The summed E-state index contributed by atoms with van der Waals surface area (Å²) in [5, 5.41) is 6.55. The third-order valence-electron chi connectivity index (χ3n) is 4.86. The van der Waals surface area contributed by atoms with Crippen LogP contribution in [0, 0.1) is 5.92 Å². The van der Waals surface area contributed by atoms with E-state index in [-0.39, 0.29) is 5.91 Å². The van der Waals surface area contributed by atoms with E-state index in [2.05, 4.69) is 21.7 Å². The van der Waals surface area contributed by atoms with Crippen LogP contribution in [0.2, 0.25) is 0 Å². The van der Waals surface area contributed by atoms with E-state index in [1.165, 1.54) is 36.0 Å². The van der Waals surface area contributed by atoms with Crippen LogP contribution in [0.3, 0.4) is 0 Å². The molecule has 1 atom stereocenters. The third kappa shape index (κ3) is 2.70. The summed E-state index contributed by atoms with van der Waals surface area (Å²) in [5.74, 6) is 0.881. The Morgan fingerprint density at radius 3 is 2.95 bits per heavy atom. The van der Waals surface area contributed by atoms with Crippen LogP contribution in [-0.2, 0) is 0 Å². The van der Waals surface area contributed by atoms with E-state index < -0.39 is 0 Å². The average Bonchev–Trinajstić information content (AvgIpc) is 2.78. The van der Waals surface area contributed by atoms with Gasteiger partial charge in [-0.15, -0.1) is 11.3 Å². The van der Waals surface area contributed by atoms with Crippen LogP contribution in [0.1, 0.15) is 29.6 Å². The number of nitrogens with zero attached hydrogens (tertiary/aromatic N) is 1. The minimum absolute atomic E-state index is 0.0813. The van der Waals surface area contributed by atoms with Gasteiger partial charge in [-0.25, -0.2) is 0 Å². The topological polar surface area (TPSA) is 32.3 Å². The Bertz CT molecular complexity index is 644. The quantitative estimate of drug-likeness (QED) is 0.924. The fraction of sp³-hybridized carbons (Fsp3) is 0.471. The van der Waals surface area contributed by atoms with E-state index in [1.54, 1.807) is 11.3 Å². The molecule has 1 unspecified atom stereocenters. The van der Waals surface area contributed by atoms with Crippen molar-refractivity contribution in [2.24, 2.45) is 5.92 Å². The number of rotatable bonds is 2. The summed E-state index contributed by atoms with van der Waals surface area (Å²) in [5.41, 5.74) is 0.788. The van der Waals surface area contributed by atoms with Crippen molar-refractivity contribution in [1.29, 1.82) is 0 Å². The number of hydrogen-bond donors (Lipinski definition) is 1. The smallest absolute Gasteiger partial charge is 0.251 e. The molecule has 0 spiro atoms. The van der Waals surface area contributed by atoms with Crippen LogP contribution in [0.5, 0.6) is 0 Å². The zero-order chi connectivity index (χ0) is 14.2. The Morgan fingerprint density at radius 2 is 2.10 bits per heavy atom.